The Bertz CT molecular complexity index is 882. The highest BCUT2D eigenvalue weighted by molar-refractivity contribution is 6.08. The number of anilines is 1. The van der Waals surface area contributed by atoms with Gasteiger partial charge in [-0.25, -0.2) is 0 Å². The normalized spacial score (nSPS) is 29.2. The maximum absolute atomic E-state index is 13.4. The predicted octanol–water partition coefficient (Wildman–Crippen LogP) is 3.02. The first-order valence-corrected chi connectivity index (χ1v) is 9.39. The van der Waals surface area contributed by atoms with E-state index in [1.807, 2.05) is 68.4 Å². The van der Waals surface area contributed by atoms with Gasteiger partial charge in [0.1, 0.15) is 5.54 Å². The van der Waals surface area contributed by atoms with E-state index in [1.165, 1.54) is 0 Å². The van der Waals surface area contributed by atoms with Crippen LogP contribution in [0.4, 0.5) is 5.69 Å². The topological polar surface area (TPSA) is 58.6 Å². The van der Waals surface area contributed by atoms with Gasteiger partial charge in [0, 0.05) is 30.3 Å². The van der Waals surface area contributed by atoms with Gasteiger partial charge in [-0.2, -0.15) is 0 Å². The molecule has 4 rings (SSSR count). The van der Waals surface area contributed by atoms with Crippen molar-refractivity contribution in [2.45, 2.75) is 25.4 Å². The highest BCUT2D eigenvalue weighted by atomic mass is 16.5. The Morgan fingerprint density at radius 1 is 1.15 bits per heavy atom. The predicted molar refractivity (Wildman–Crippen MR) is 103 cm³/mol. The molecule has 1 spiro atoms. The molecule has 0 unspecified atom stereocenters. The van der Waals surface area contributed by atoms with Crippen LogP contribution < -0.4 is 10.2 Å². The van der Waals surface area contributed by atoms with Gasteiger partial charge in [0.15, 0.2) is 0 Å². The largest absolute Gasteiger partial charge is 0.466 e. The van der Waals surface area contributed by atoms with Crippen molar-refractivity contribution in [3.8, 4) is 0 Å². The van der Waals surface area contributed by atoms with Crippen LogP contribution in [-0.2, 0) is 19.9 Å². The lowest BCUT2D eigenvalue weighted by molar-refractivity contribution is -0.150. The summed E-state index contributed by atoms with van der Waals surface area (Å²) in [6.07, 6.45) is 0. The summed E-state index contributed by atoms with van der Waals surface area (Å²) in [6.45, 7) is 4.11. The smallest absolute Gasteiger partial charge is 0.311 e. The highest BCUT2D eigenvalue weighted by Crippen LogP contribution is 2.54. The number of nitrogens with zero attached hydrogens (tertiary/aromatic N) is 1. The maximum atomic E-state index is 13.4. The van der Waals surface area contributed by atoms with E-state index in [2.05, 4.69) is 5.32 Å². The van der Waals surface area contributed by atoms with E-state index in [1.54, 1.807) is 11.9 Å². The molecule has 2 aromatic rings. The molecule has 2 aliphatic rings. The van der Waals surface area contributed by atoms with Crippen LogP contribution in [0.2, 0.25) is 0 Å². The zero-order valence-electron chi connectivity index (χ0n) is 15.8. The number of ether oxygens (including phenoxy) is 1. The van der Waals surface area contributed by atoms with Gasteiger partial charge in [0.2, 0.25) is 0 Å². The summed E-state index contributed by atoms with van der Waals surface area (Å²) in [4.78, 5) is 28.0. The van der Waals surface area contributed by atoms with Crippen LogP contribution >= 0.6 is 0 Å². The van der Waals surface area contributed by atoms with Crippen LogP contribution in [0.1, 0.15) is 31.0 Å². The van der Waals surface area contributed by atoms with E-state index in [0.29, 0.717) is 6.61 Å². The first kappa shape index (κ1) is 17.7. The van der Waals surface area contributed by atoms with Crippen LogP contribution in [0.15, 0.2) is 54.6 Å². The fourth-order valence-corrected chi connectivity index (χ4v) is 4.72. The Labute approximate surface area is 159 Å². The van der Waals surface area contributed by atoms with Gasteiger partial charge in [-0.05, 0) is 18.6 Å². The molecular weight excluding hydrogens is 340 g/mol. The molecule has 1 N–H and O–H groups in total. The number of likely N-dealkylation sites (N-methyl/N-ethyl adjacent to an activating group) is 1. The van der Waals surface area contributed by atoms with E-state index in [0.717, 1.165) is 16.8 Å². The molecule has 0 bridgehead atoms. The molecule has 27 heavy (non-hydrogen) atoms. The number of hydrogen-bond donors (Lipinski definition) is 1. The van der Waals surface area contributed by atoms with Crippen molar-refractivity contribution in [3.63, 3.8) is 0 Å². The molecule has 2 aliphatic heterocycles. The Kier molecular flexibility index (Phi) is 4.27. The minimum absolute atomic E-state index is 0.0241. The zero-order chi connectivity index (χ0) is 19.2. The highest BCUT2D eigenvalue weighted by Gasteiger charge is 2.63. The van der Waals surface area contributed by atoms with Crippen LogP contribution in [0.25, 0.3) is 0 Å². The Morgan fingerprint density at radius 3 is 2.52 bits per heavy atom. The van der Waals surface area contributed by atoms with Gasteiger partial charge in [0.25, 0.3) is 5.91 Å². The van der Waals surface area contributed by atoms with Crippen molar-refractivity contribution in [3.05, 3.63) is 65.7 Å². The lowest BCUT2D eigenvalue weighted by atomic mass is 9.76. The first-order valence-electron chi connectivity index (χ1n) is 9.39. The van der Waals surface area contributed by atoms with Crippen molar-refractivity contribution >= 4 is 17.6 Å². The molecule has 140 valence electrons. The quantitative estimate of drug-likeness (QED) is 0.851. The average Bonchev–Trinajstić information content (AvgIpc) is 3.12. The minimum Gasteiger partial charge on any atom is -0.466 e. The van der Waals surface area contributed by atoms with E-state index < -0.39 is 11.5 Å². The van der Waals surface area contributed by atoms with Crippen molar-refractivity contribution in [2.75, 3.05) is 18.6 Å². The molecule has 0 radical (unpaired) electrons. The van der Waals surface area contributed by atoms with E-state index in [4.69, 9.17) is 4.74 Å². The molecule has 0 aromatic heterocycles. The van der Waals surface area contributed by atoms with Crippen molar-refractivity contribution in [1.29, 1.82) is 0 Å². The fraction of sp³-hybridized carbons (Fsp3) is 0.364. The second kappa shape index (κ2) is 6.50. The summed E-state index contributed by atoms with van der Waals surface area (Å²) in [5, 5.41) is 3.57. The van der Waals surface area contributed by atoms with Crippen molar-refractivity contribution in [2.24, 2.45) is 11.8 Å². The summed E-state index contributed by atoms with van der Waals surface area (Å²) in [6, 6.07) is 17.3. The van der Waals surface area contributed by atoms with Crippen LogP contribution in [-0.4, -0.2) is 25.5 Å². The monoisotopic (exact) mass is 364 g/mol. The standard InChI is InChI=1S/C22H24N2O3/c1-4-27-20(25)18-14(2)22(23-19(18)15-10-6-5-7-11-15)16-12-8-9-13-17(16)24(3)21(22)26/h5-14,18-19,23H,4H2,1-3H3/t14-,18-,19-,22-/m0/s1. The fourth-order valence-electron chi connectivity index (χ4n) is 4.72. The third-order valence-electron chi connectivity index (χ3n) is 6.01. The van der Waals surface area contributed by atoms with Crippen LogP contribution in [0, 0.1) is 11.8 Å². The first-order chi connectivity index (χ1) is 13.0. The molecule has 1 fully saturated rings. The molecule has 4 atom stereocenters. The number of hydrogen-bond acceptors (Lipinski definition) is 4. The molecule has 0 saturated carbocycles. The van der Waals surface area contributed by atoms with E-state index >= 15 is 0 Å². The number of nitrogens with one attached hydrogen (secondary N) is 1. The molecular formula is C22H24N2O3. The number of benzene rings is 2. The van der Waals surface area contributed by atoms with Crippen molar-refractivity contribution < 1.29 is 14.3 Å². The summed E-state index contributed by atoms with van der Waals surface area (Å²) < 4.78 is 5.40. The van der Waals surface area contributed by atoms with Crippen molar-refractivity contribution in [1.82, 2.24) is 5.32 Å². The number of fused-ring (bicyclic) bond motifs is 2. The lowest BCUT2D eigenvalue weighted by Gasteiger charge is -2.29. The minimum atomic E-state index is -0.927. The third-order valence-corrected chi connectivity index (χ3v) is 6.01. The Hall–Kier alpha value is -2.66. The average molecular weight is 364 g/mol. The van der Waals surface area contributed by atoms with Gasteiger partial charge in [0.05, 0.1) is 12.5 Å². The molecule has 1 saturated heterocycles. The summed E-state index contributed by atoms with van der Waals surface area (Å²) in [7, 11) is 1.79. The number of carbonyl (C=O) groups is 2. The van der Waals surface area contributed by atoms with Gasteiger partial charge in [-0.15, -0.1) is 0 Å². The SMILES string of the molecule is CCOC(=O)[C@@H]1[C@H](c2ccccc2)N[C@@]2(C(=O)N(C)c3ccccc32)[C@H]1C. The maximum Gasteiger partial charge on any atom is 0.311 e. The molecule has 1 amide bonds. The third kappa shape index (κ3) is 2.42. The van der Waals surface area contributed by atoms with Gasteiger partial charge in [-0.1, -0.05) is 55.5 Å². The van der Waals surface area contributed by atoms with E-state index in [-0.39, 0.29) is 23.8 Å². The molecule has 2 heterocycles. The second-order valence-corrected chi connectivity index (χ2v) is 7.29. The second-order valence-electron chi connectivity index (χ2n) is 7.29. The summed E-state index contributed by atoms with van der Waals surface area (Å²) >= 11 is 0. The Balaban J connectivity index is 1.87. The number of para-hydroxylation sites is 1. The summed E-state index contributed by atoms with van der Waals surface area (Å²) in [5.74, 6) is -0.983. The number of carbonyl (C=O) groups excluding carboxylic acids is 2. The van der Waals surface area contributed by atoms with Gasteiger partial charge in [-0.3, -0.25) is 14.9 Å². The molecule has 5 heteroatoms. The van der Waals surface area contributed by atoms with Crippen LogP contribution in [0.5, 0.6) is 0 Å². The lowest BCUT2D eigenvalue weighted by Crippen LogP contribution is -2.50. The number of esters is 1. The van der Waals surface area contributed by atoms with Crippen LogP contribution in [0.3, 0.4) is 0 Å². The van der Waals surface area contributed by atoms with Gasteiger partial charge < -0.3 is 9.64 Å². The molecule has 0 aliphatic carbocycles. The molecule has 5 nitrogen and oxygen atoms in total. The van der Waals surface area contributed by atoms with E-state index in [9.17, 15) is 9.59 Å². The Morgan fingerprint density at radius 2 is 1.81 bits per heavy atom. The number of amides is 1. The zero-order valence-corrected chi connectivity index (χ0v) is 15.8. The summed E-state index contributed by atoms with van der Waals surface area (Å²) in [5.41, 5.74) is 1.87. The number of rotatable bonds is 3. The molecule has 2 aromatic carbocycles. The van der Waals surface area contributed by atoms with Gasteiger partial charge >= 0.3 is 5.97 Å².